The predicted molar refractivity (Wildman–Crippen MR) is 51.5 cm³/mol. The van der Waals surface area contributed by atoms with Crippen molar-refractivity contribution in [2.24, 2.45) is 0 Å². The normalized spacial score (nSPS) is 27.7. The molecule has 0 fully saturated rings. The van der Waals surface area contributed by atoms with Gasteiger partial charge in [0.1, 0.15) is 0 Å². The highest BCUT2D eigenvalue weighted by Gasteiger charge is 2.18. The van der Waals surface area contributed by atoms with Crippen LogP contribution in [0.2, 0.25) is 0 Å². The van der Waals surface area contributed by atoms with E-state index in [1.807, 2.05) is 11.8 Å². The molecule has 52 valence electrons. The zero-order chi connectivity index (χ0) is 6.85. The van der Waals surface area contributed by atoms with Crippen LogP contribution in [0.4, 0.5) is 0 Å². The summed E-state index contributed by atoms with van der Waals surface area (Å²) >= 11 is 10.6. The molecule has 0 saturated carbocycles. The molecule has 3 heteroatoms. The van der Waals surface area contributed by atoms with Crippen LogP contribution in [0.25, 0.3) is 0 Å². The second-order valence-electron chi connectivity index (χ2n) is 1.99. The summed E-state index contributed by atoms with van der Waals surface area (Å²) < 4.78 is 0. The standard InChI is InChI=1S/C6H10S3/c1-2-5-6(8)4(7)3-9-5/h4,7-8H,2-3H2,1H3. The molecule has 1 aliphatic rings. The van der Waals surface area contributed by atoms with E-state index in [9.17, 15) is 0 Å². The lowest BCUT2D eigenvalue weighted by molar-refractivity contribution is 1.18. The van der Waals surface area contributed by atoms with E-state index >= 15 is 0 Å². The maximum Gasteiger partial charge on any atom is 0.0426 e. The summed E-state index contributed by atoms with van der Waals surface area (Å²) in [6.45, 7) is 2.16. The lowest BCUT2D eigenvalue weighted by Crippen LogP contribution is -1.94. The van der Waals surface area contributed by atoms with Gasteiger partial charge in [-0.15, -0.1) is 24.4 Å². The van der Waals surface area contributed by atoms with Gasteiger partial charge in [-0.1, -0.05) is 6.92 Å². The van der Waals surface area contributed by atoms with E-state index in [4.69, 9.17) is 0 Å². The Balaban J connectivity index is 2.68. The first-order valence-electron chi connectivity index (χ1n) is 2.98. The molecule has 1 heterocycles. The fraction of sp³-hybridized carbons (Fsp3) is 0.667. The van der Waals surface area contributed by atoms with Gasteiger partial charge in [0.15, 0.2) is 0 Å². The largest absolute Gasteiger partial charge is 0.170 e. The molecule has 0 amide bonds. The van der Waals surface area contributed by atoms with Gasteiger partial charge in [-0.25, -0.2) is 0 Å². The van der Waals surface area contributed by atoms with Crippen molar-refractivity contribution >= 4 is 37.0 Å². The first-order chi connectivity index (χ1) is 4.25. The van der Waals surface area contributed by atoms with Gasteiger partial charge in [0, 0.05) is 15.9 Å². The SMILES string of the molecule is CCC1=C(S)C(S)CS1. The minimum Gasteiger partial charge on any atom is -0.170 e. The van der Waals surface area contributed by atoms with Crippen LogP contribution in [-0.2, 0) is 0 Å². The molecule has 0 N–H and O–H groups in total. The first-order valence-corrected chi connectivity index (χ1v) is 4.93. The van der Waals surface area contributed by atoms with Gasteiger partial charge in [-0.05, 0) is 11.3 Å². The van der Waals surface area contributed by atoms with Crippen molar-refractivity contribution in [2.45, 2.75) is 18.6 Å². The number of thiol groups is 2. The Labute approximate surface area is 71.3 Å². The highest BCUT2D eigenvalue weighted by atomic mass is 32.2. The minimum absolute atomic E-state index is 0.397. The zero-order valence-electron chi connectivity index (χ0n) is 5.29. The van der Waals surface area contributed by atoms with Crippen molar-refractivity contribution in [3.8, 4) is 0 Å². The van der Waals surface area contributed by atoms with Crippen LogP contribution in [-0.4, -0.2) is 11.0 Å². The molecular weight excluding hydrogens is 168 g/mol. The number of hydrogen-bond acceptors (Lipinski definition) is 3. The average Bonchev–Trinajstić information content (AvgIpc) is 2.15. The van der Waals surface area contributed by atoms with Crippen LogP contribution in [0, 0.1) is 0 Å². The van der Waals surface area contributed by atoms with Gasteiger partial charge < -0.3 is 0 Å². The monoisotopic (exact) mass is 178 g/mol. The third-order valence-electron chi connectivity index (χ3n) is 1.34. The number of allylic oxidation sites excluding steroid dienone is 1. The van der Waals surface area contributed by atoms with E-state index in [1.165, 1.54) is 9.81 Å². The molecule has 1 aliphatic heterocycles. The Morgan fingerprint density at radius 2 is 2.44 bits per heavy atom. The minimum atomic E-state index is 0.397. The van der Waals surface area contributed by atoms with Crippen molar-refractivity contribution in [2.75, 3.05) is 5.75 Å². The quantitative estimate of drug-likeness (QED) is 0.582. The molecular formula is C6H10S3. The van der Waals surface area contributed by atoms with Crippen molar-refractivity contribution in [1.82, 2.24) is 0 Å². The summed E-state index contributed by atoms with van der Waals surface area (Å²) in [5.41, 5.74) is 0. The third-order valence-corrected chi connectivity index (χ3v) is 4.32. The molecule has 9 heavy (non-hydrogen) atoms. The van der Waals surface area contributed by atoms with E-state index in [1.54, 1.807) is 0 Å². The van der Waals surface area contributed by atoms with Gasteiger partial charge in [0.2, 0.25) is 0 Å². The molecule has 1 rings (SSSR count). The Hall–Kier alpha value is 0.790. The van der Waals surface area contributed by atoms with E-state index in [-0.39, 0.29) is 0 Å². The summed E-state index contributed by atoms with van der Waals surface area (Å²) in [5.74, 6) is 1.10. The predicted octanol–water partition coefficient (Wildman–Crippen LogP) is 2.58. The van der Waals surface area contributed by atoms with Crippen molar-refractivity contribution < 1.29 is 0 Å². The smallest absolute Gasteiger partial charge is 0.0426 e. The molecule has 1 atom stereocenters. The molecule has 0 saturated heterocycles. The van der Waals surface area contributed by atoms with Crippen LogP contribution in [0.15, 0.2) is 9.81 Å². The zero-order valence-corrected chi connectivity index (χ0v) is 7.90. The van der Waals surface area contributed by atoms with Gasteiger partial charge in [0.05, 0.1) is 0 Å². The lowest BCUT2D eigenvalue weighted by atomic mass is 10.3. The van der Waals surface area contributed by atoms with Gasteiger partial charge in [-0.2, -0.15) is 12.6 Å². The Kier molecular flexibility index (Phi) is 2.86. The molecule has 0 bridgehead atoms. The molecule has 1 unspecified atom stereocenters. The van der Waals surface area contributed by atoms with Crippen molar-refractivity contribution in [3.05, 3.63) is 9.81 Å². The fourth-order valence-electron chi connectivity index (χ4n) is 0.801. The van der Waals surface area contributed by atoms with Crippen LogP contribution in [0.1, 0.15) is 13.3 Å². The van der Waals surface area contributed by atoms with Gasteiger partial charge in [-0.3, -0.25) is 0 Å². The Morgan fingerprint density at radius 1 is 1.78 bits per heavy atom. The van der Waals surface area contributed by atoms with Crippen LogP contribution < -0.4 is 0 Å². The van der Waals surface area contributed by atoms with Crippen molar-refractivity contribution in [3.63, 3.8) is 0 Å². The Morgan fingerprint density at radius 3 is 2.67 bits per heavy atom. The maximum absolute atomic E-state index is 4.35. The second kappa shape index (κ2) is 3.26. The van der Waals surface area contributed by atoms with Gasteiger partial charge >= 0.3 is 0 Å². The number of thioether (sulfide) groups is 1. The van der Waals surface area contributed by atoms with Crippen molar-refractivity contribution in [1.29, 1.82) is 0 Å². The molecule has 0 aromatic rings. The molecule has 0 spiro atoms. The highest BCUT2D eigenvalue weighted by molar-refractivity contribution is 8.05. The summed E-state index contributed by atoms with van der Waals surface area (Å²) in [6, 6.07) is 0. The van der Waals surface area contributed by atoms with E-state index in [2.05, 4.69) is 32.2 Å². The van der Waals surface area contributed by atoms with Crippen LogP contribution >= 0.6 is 37.0 Å². The number of rotatable bonds is 1. The van der Waals surface area contributed by atoms with E-state index in [0.717, 1.165) is 12.2 Å². The summed E-state index contributed by atoms with van der Waals surface area (Å²) in [6.07, 6.45) is 1.11. The van der Waals surface area contributed by atoms with Gasteiger partial charge in [0.25, 0.3) is 0 Å². The summed E-state index contributed by atoms with van der Waals surface area (Å²) in [4.78, 5) is 2.60. The van der Waals surface area contributed by atoms with Crippen LogP contribution in [0.3, 0.4) is 0 Å². The number of hydrogen-bond donors (Lipinski definition) is 2. The molecule has 0 aromatic heterocycles. The molecule has 0 aromatic carbocycles. The average molecular weight is 178 g/mol. The van der Waals surface area contributed by atoms with Crippen LogP contribution in [0.5, 0.6) is 0 Å². The molecule has 0 nitrogen and oxygen atoms in total. The third kappa shape index (κ3) is 1.63. The fourth-order valence-corrected chi connectivity index (χ4v) is 2.85. The second-order valence-corrected chi connectivity index (χ2v) is 4.21. The summed E-state index contributed by atoms with van der Waals surface area (Å²) in [5, 5.41) is 0.397. The highest BCUT2D eigenvalue weighted by Crippen LogP contribution is 2.37. The molecule has 0 radical (unpaired) electrons. The Bertz CT molecular complexity index is 139. The van der Waals surface area contributed by atoms with E-state index < -0.39 is 0 Å². The molecule has 0 aliphatic carbocycles. The van der Waals surface area contributed by atoms with E-state index in [0.29, 0.717) is 5.25 Å². The lowest BCUT2D eigenvalue weighted by Gasteiger charge is -1.98. The first kappa shape index (κ1) is 7.89. The topological polar surface area (TPSA) is 0 Å². The summed E-state index contributed by atoms with van der Waals surface area (Å²) in [7, 11) is 0. The maximum atomic E-state index is 4.35.